The molecule has 0 aliphatic heterocycles. The fraction of sp³-hybridized carbons (Fsp3) is 0.364. The van der Waals surface area contributed by atoms with Crippen LogP contribution in [0.2, 0.25) is 0 Å². The molecule has 0 saturated carbocycles. The minimum absolute atomic E-state index is 0.304. The Morgan fingerprint density at radius 1 is 1.03 bits per heavy atom. The fourth-order valence-corrected chi connectivity index (χ4v) is 2.91. The van der Waals surface area contributed by atoms with Crippen molar-refractivity contribution in [3.8, 4) is 28.3 Å². The normalized spacial score (nSPS) is 10.7. The van der Waals surface area contributed by atoms with Gasteiger partial charge in [0.05, 0.1) is 5.56 Å². The number of unbranched alkanes of at least 4 members (excludes halogenated alkanes) is 2. The van der Waals surface area contributed by atoms with E-state index in [1.807, 2.05) is 24.3 Å². The molecule has 0 fully saturated rings. The van der Waals surface area contributed by atoms with Gasteiger partial charge in [0.15, 0.2) is 0 Å². The molecule has 1 amide bonds. The first-order chi connectivity index (χ1) is 14.2. The summed E-state index contributed by atoms with van der Waals surface area (Å²) in [5.74, 6) is 0.915. The zero-order valence-electron chi connectivity index (χ0n) is 16.9. The second kappa shape index (κ2) is 10.4. The lowest BCUT2D eigenvalue weighted by molar-refractivity contribution is 0.150. The Morgan fingerprint density at radius 2 is 1.79 bits per heavy atom. The average Bonchev–Trinajstić information content (AvgIpc) is 3.29. The van der Waals surface area contributed by atoms with Gasteiger partial charge in [-0.2, -0.15) is 0 Å². The first-order valence-electron chi connectivity index (χ1n) is 10.00. The van der Waals surface area contributed by atoms with E-state index in [4.69, 9.17) is 9.15 Å². The van der Waals surface area contributed by atoms with E-state index in [1.165, 1.54) is 6.39 Å². The predicted octanol–water partition coefficient (Wildman–Crippen LogP) is 5.20. The molecule has 0 aliphatic carbocycles. The Labute approximate surface area is 170 Å². The molecular formula is C22H26N4O3. The summed E-state index contributed by atoms with van der Waals surface area (Å²) in [5.41, 5.74) is 2.48. The Kier molecular flexibility index (Phi) is 7.33. The van der Waals surface area contributed by atoms with Crippen LogP contribution in [-0.4, -0.2) is 39.3 Å². The Hall–Kier alpha value is -3.22. The molecule has 0 bridgehead atoms. The summed E-state index contributed by atoms with van der Waals surface area (Å²) >= 11 is 0. The minimum atomic E-state index is -0.304. The maximum absolute atomic E-state index is 12.6. The third-order valence-corrected chi connectivity index (χ3v) is 4.54. The van der Waals surface area contributed by atoms with E-state index >= 15 is 0 Å². The molecule has 7 heteroatoms. The van der Waals surface area contributed by atoms with Crippen molar-refractivity contribution in [2.24, 2.45) is 0 Å². The molecule has 29 heavy (non-hydrogen) atoms. The number of rotatable bonds is 9. The van der Waals surface area contributed by atoms with Gasteiger partial charge in [0.25, 0.3) is 0 Å². The Bertz CT molecular complexity index is 904. The highest BCUT2D eigenvalue weighted by molar-refractivity contribution is 5.73. The number of hydrogen-bond donors (Lipinski definition) is 0. The molecule has 3 rings (SSSR count). The smallest absolute Gasteiger partial charge is 0.415 e. The summed E-state index contributed by atoms with van der Waals surface area (Å²) in [7, 11) is 0. The first-order valence-corrected chi connectivity index (χ1v) is 10.00. The SMILES string of the molecule is CCCCN(CCCC)C(=O)Oc1cccc(-c2cncc(-c3nnco3)c2)c1. The van der Waals surface area contributed by atoms with E-state index in [0.29, 0.717) is 24.7 Å². The third-order valence-electron chi connectivity index (χ3n) is 4.54. The summed E-state index contributed by atoms with van der Waals surface area (Å²) in [6.45, 7) is 5.66. The minimum Gasteiger partial charge on any atom is -0.423 e. The highest BCUT2D eigenvalue weighted by Gasteiger charge is 2.15. The van der Waals surface area contributed by atoms with Crippen molar-refractivity contribution < 1.29 is 13.9 Å². The lowest BCUT2D eigenvalue weighted by atomic mass is 10.1. The molecule has 0 aliphatic rings. The van der Waals surface area contributed by atoms with Gasteiger partial charge in [-0.05, 0) is 36.6 Å². The first kappa shape index (κ1) is 20.5. The monoisotopic (exact) mass is 394 g/mol. The van der Waals surface area contributed by atoms with Gasteiger partial charge in [0.1, 0.15) is 5.75 Å². The number of benzene rings is 1. The maximum atomic E-state index is 12.6. The molecular weight excluding hydrogens is 368 g/mol. The number of carbonyl (C=O) groups excluding carboxylic acids is 1. The molecule has 152 valence electrons. The Balaban J connectivity index is 1.75. The summed E-state index contributed by atoms with van der Waals surface area (Å²) < 4.78 is 10.9. The number of ether oxygens (including phenoxy) is 1. The summed E-state index contributed by atoms with van der Waals surface area (Å²) in [4.78, 5) is 18.7. The number of carbonyl (C=O) groups is 1. The lowest BCUT2D eigenvalue weighted by Gasteiger charge is -2.21. The predicted molar refractivity (Wildman–Crippen MR) is 110 cm³/mol. The molecule has 0 atom stereocenters. The number of amides is 1. The number of hydrogen-bond acceptors (Lipinski definition) is 6. The van der Waals surface area contributed by atoms with Crippen molar-refractivity contribution in [1.29, 1.82) is 0 Å². The van der Waals surface area contributed by atoms with Crippen LogP contribution in [0.25, 0.3) is 22.6 Å². The van der Waals surface area contributed by atoms with Crippen molar-refractivity contribution in [1.82, 2.24) is 20.1 Å². The van der Waals surface area contributed by atoms with E-state index in [0.717, 1.165) is 42.4 Å². The quantitative estimate of drug-likeness (QED) is 0.496. The topological polar surface area (TPSA) is 81.4 Å². The number of nitrogens with zero attached hydrogens (tertiary/aromatic N) is 4. The van der Waals surface area contributed by atoms with Crippen molar-refractivity contribution in [3.63, 3.8) is 0 Å². The molecule has 2 aromatic heterocycles. The zero-order valence-corrected chi connectivity index (χ0v) is 16.9. The maximum Gasteiger partial charge on any atom is 0.415 e. The van der Waals surface area contributed by atoms with Crippen LogP contribution in [0, 0.1) is 0 Å². The molecule has 0 saturated heterocycles. The summed E-state index contributed by atoms with van der Waals surface area (Å²) in [5, 5.41) is 7.61. The number of aromatic nitrogens is 3. The van der Waals surface area contributed by atoms with Gasteiger partial charge in [-0.1, -0.05) is 38.8 Å². The molecule has 0 spiro atoms. The van der Waals surface area contributed by atoms with Gasteiger partial charge in [0.2, 0.25) is 12.3 Å². The van der Waals surface area contributed by atoms with Crippen molar-refractivity contribution >= 4 is 6.09 Å². The molecule has 7 nitrogen and oxygen atoms in total. The van der Waals surface area contributed by atoms with Gasteiger partial charge in [-0.25, -0.2) is 4.79 Å². The highest BCUT2D eigenvalue weighted by atomic mass is 16.6. The summed E-state index contributed by atoms with van der Waals surface area (Å²) in [6.07, 6.45) is 8.39. The van der Waals surface area contributed by atoms with Gasteiger partial charge >= 0.3 is 6.09 Å². The largest absolute Gasteiger partial charge is 0.423 e. The van der Waals surface area contributed by atoms with Gasteiger partial charge in [-0.3, -0.25) is 4.98 Å². The summed E-state index contributed by atoms with van der Waals surface area (Å²) in [6, 6.07) is 9.34. The molecule has 1 aromatic carbocycles. The second-order valence-electron chi connectivity index (χ2n) is 6.80. The van der Waals surface area contributed by atoms with Crippen molar-refractivity contribution in [3.05, 3.63) is 49.1 Å². The van der Waals surface area contributed by atoms with Crippen LogP contribution >= 0.6 is 0 Å². The van der Waals surface area contributed by atoms with Crippen LogP contribution in [0.5, 0.6) is 5.75 Å². The van der Waals surface area contributed by atoms with Crippen LogP contribution in [0.1, 0.15) is 39.5 Å². The standard InChI is InChI=1S/C22H26N4O3/c1-3-5-10-26(11-6-4-2)22(27)29-20-9-7-8-17(13-20)18-12-19(15-23-14-18)21-25-24-16-28-21/h7-9,12-16H,3-6,10-11H2,1-2H3. The zero-order chi connectivity index (χ0) is 20.5. The Morgan fingerprint density at radius 3 is 2.48 bits per heavy atom. The van der Waals surface area contributed by atoms with Gasteiger partial charge in [-0.15, -0.1) is 10.2 Å². The average molecular weight is 394 g/mol. The van der Waals surface area contributed by atoms with Crippen LogP contribution in [0.3, 0.4) is 0 Å². The van der Waals surface area contributed by atoms with Crippen LogP contribution in [0.4, 0.5) is 4.79 Å². The van der Waals surface area contributed by atoms with Gasteiger partial charge in [0, 0.05) is 31.0 Å². The van der Waals surface area contributed by atoms with Crippen LogP contribution in [-0.2, 0) is 0 Å². The van der Waals surface area contributed by atoms with E-state index in [-0.39, 0.29) is 6.09 Å². The molecule has 0 radical (unpaired) electrons. The third kappa shape index (κ3) is 5.63. The van der Waals surface area contributed by atoms with E-state index in [9.17, 15) is 4.79 Å². The fourth-order valence-electron chi connectivity index (χ4n) is 2.91. The van der Waals surface area contributed by atoms with Gasteiger partial charge < -0.3 is 14.1 Å². The van der Waals surface area contributed by atoms with Crippen LogP contribution < -0.4 is 4.74 Å². The molecule has 0 unspecified atom stereocenters. The van der Waals surface area contributed by atoms with E-state index < -0.39 is 0 Å². The molecule has 2 heterocycles. The molecule has 0 N–H and O–H groups in total. The van der Waals surface area contributed by atoms with Crippen LogP contribution in [0.15, 0.2) is 53.5 Å². The lowest BCUT2D eigenvalue weighted by Crippen LogP contribution is -2.35. The van der Waals surface area contributed by atoms with E-state index in [2.05, 4.69) is 29.0 Å². The molecule has 3 aromatic rings. The second-order valence-corrected chi connectivity index (χ2v) is 6.80. The van der Waals surface area contributed by atoms with Crippen molar-refractivity contribution in [2.75, 3.05) is 13.1 Å². The van der Waals surface area contributed by atoms with E-state index in [1.54, 1.807) is 23.4 Å². The number of pyridine rings is 1. The highest BCUT2D eigenvalue weighted by Crippen LogP contribution is 2.27. The van der Waals surface area contributed by atoms with Crippen molar-refractivity contribution in [2.45, 2.75) is 39.5 Å².